The number of methoxy groups -OCH3 is 1. The summed E-state index contributed by atoms with van der Waals surface area (Å²) in [6.45, 7) is 5.73. The van der Waals surface area contributed by atoms with Gasteiger partial charge in [-0.1, -0.05) is 25.1 Å². The molecule has 34 heavy (non-hydrogen) atoms. The van der Waals surface area contributed by atoms with Crippen LogP contribution in [0.4, 0.5) is 0 Å². The molecule has 1 aliphatic rings. The van der Waals surface area contributed by atoms with Gasteiger partial charge in [0.05, 0.1) is 30.7 Å². The largest absolute Gasteiger partial charge is 0.464 e. The molecule has 172 valence electrons. The fraction of sp³-hybridized carbons (Fsp3) is 0.269. The zero-order valence-electron chi connectivity index (χ0n) is 19.4. The normalized spacial score (nSPS) is 13.1. The van der Waals surface area contributed by atoms with E-state index in [2.05, 4.69) is 27.5 Å². The first kappa shape index (κ1) is 21.8. The molecule has 8 heteroatoms. The highest BCUT2D eigenvalue weighted by Crippen LogP contribution is 2.34. The van der Waals surface area contributed by atoms with E-state index in [1.165, 1.54) is 7.11 Å². The van der Waals surface area contributed by atoms with Crippen molar-refractivity contribution in [3.05, 3.63) is 66.0 Å². The number of hydrogen-bond donors (Lipinski definition) is 0. The molecule has 0 unspecified atom stereocenters. The quantitative estimate of drug-likeness (QED) is 0.434. The first-order valence-electron chi connectivity index (χ1n) is 11.3. The smallest absolute Gasteiger partial charge is 0.356 e. The molecule has 0 bridgehead atoms. The molecule has 8 nitrogen and oxygen atoms in total. The van der Waals surface area contributed by atoms with Crippen molar-refractivity contribution in [2.75, 3.05) is 13.7 Å². The number of imidazole rings is 1. The molecular weight excluding hydrogens is 430 g/mol. The van der Waals surface area contributed by atoms with Crippen LogP contribution in [0.15, 0.2) is 48.8 Å². The Morgan fingerprint density at radius 1 is 1.09 bits per heavy atom. The Bertz CT molecular complexity index is 1410. The summed E-state index contributed by atoms with van der Waals surface area (Å²) in [5.41, 5.74) is 4.81. The van der Waals surface area contributed by atoms with Gasteiger partial charge >= 0.3 is 5.97 Å². The molecule has 0 saturated heterocycles. The van der Waals surface area contributed by atoms with Crippen molar-refractivity contribution >= 4 is 22.6 Å². The van der Waals surface area contributed by atoms with Crippen molar-refractivity contribution in [1.82, 2.24) is 24.4 Å². The van der Waals surface area contributed by atoms with Gasteiger partial charge in [0, 0.05) is 55.3 Å². The maximum absolute atomic E-state index is 12.0. The summed E-state index contributed by atoms with van der Waals surface area (Å²) in [6.07, 6.45) is 4.31. The first-order chi connectivity index (χ1) is 16.5. The number of esters is 1. The molecule has 0 saturated carbocycles. The van der Waals surface area contributed by atoms with E-state index in [1.54, 1.807) is 19.2 Å². The minimum Gasteiger partial charge on any atom is -0.464 e. The third-order valence-electron chi connectivity index (χ3n) is 6.32. The van der Waals surface area contributed by atoms with Crippen molar-refractivity contribution in [2.24, 2.45) is 0 Å². The van der Waals surface area contributed by atoms with Crippen molar-refractivity contribution in [3.63, 3.8) is 0 Å². The van der Waals surface area contributed by atoms with Gasteiger partial charge < -0.3 is 14.2 Å². The fourth-order valence-corrected chi connectivity index (χ4v) is 4.50. The minimum absolute atomic E-state index is 0.0764. The lowest BCUT2D eigenvalue weighted by molar-refractivity contribution is -0.130. The highest BCUT2D eigenvalue weighted by Gasteiger charge is 2.26. The summed E-state index contributed by atoms with van der Waals surface area (Å²) in [7, 11) is 1.33. The molecule has 0 aliphatic carbocycles. The van der Waals surface area contributed by atoms with Crippen LogP contribution in [0.5, 0.6) is 0 Å². The minimum atomic E-state index is -0.471. The Balaban J connectivity index is 1.57. The number of carbonyl (C=O) groups excluding carboxylic acids is 2. The summed E-state index contributed by atoms with van der Waals surface area (Å²) in [5, 5.41) is 2.02. The number of aromatic nitrogens is 4. The Labute approximate surface area is 197 Å². The molecule has 1 aliphatic heterocycles. The zero-order chi connectivity index (χ0) is 23.8. The standard InChI is InChI=1S/C26H25N5O3/c1-4-24-29-25(23-15-30(16(2)32)10-11-31(23)24)19-7-5-6-17-12-22(28-14-20(17)19)18-8-9-21(27-13-18)26(33)34-3/h5-9,12-14H,4,10-11,15H2,1-3H3. The van der Waals surface area contributed by atoms with Gasteiger partial charge in [-0.25, -0.2) is 14.8 Å². The summed E-state index contributed by atoms with van der Waals surface area (Å²) in [4.78, 5) is 39.4. The number of pyridine rings is 2. The van der Waals surface area contributed by atoms with Gasteiger partial charge in [0.2, 0.25) is 5.91 Å². The Morgan fingerprint density at radius 3 is 2.65 bits per heavy atom. The molecule has 0 atom stereocenters. The number of ether oxygens (including phenoxy) is 1. The predicted octanol–water partition coefficient (Wildman–Crippen LogP) is 3.87. The average molecular weight is 456 g/mol. The molecule has 1 amide bonds. The first-order valence-corrected chi connectivity index (χ1v) is 11.3. The van der Waals surface area contributed by atoms with Gasteiger partial charge in [-0.2, -0.15) is 0 Å². The summed E-state index contributed by atoms with van der Waals surface area (Å²) < 4.78 is 6.97. The third-order valence-corrected chi connectivity index (χ3v) is 6.32. The second-order valence-corrected chi connectivity index (χ2v) is 8.29. The van der Waals surface area contributed by atoms with Crippen LogP contribution in [0.3, 0.4) is 0 Å². The molecule has 5 rings (SSSR count). The van der Waals surface area contributed by atoms with Crippen LogP contribution >= 0.6 is 0 Å². The lowest BCUT2D eigenvalue weighted by Gasteiger charge is -2.28. The van der Waals surface area contributed by atoms with Crippen molar-refractivity contribution in [3.8, 4) is 22.5 Å². The summed E-state index contributed by atoms with van der Waals surface area (Å²) >= 11 is 0. The maximum atomic E-state index is 12.0. The van der Waals surface area contributed by atoms with Gasteiger partial charge in [-0.3, -0.25) is 9.78 Å². The number of rotatable bonds is 4. The Morgan fingerprint density at radius 2 is 1.94 bits per heavy atom. The van der Waals surface area contributed by atoms with E-state index in [9.17, 15) is 9.59 Å². The number of amides is 1. The van der Waals surface area contributed by atoms with Crippen LogP contribution in [0, 0.1) is 0 Å². The second-order valence-electron chi connectivity index (χ2n) is 8.29. The van der Waals surface area contributed by atoms with Crippen LogP contribution in [0.1, 0.15) is 35.9 Å². The van der Waals surface area contributed by atoms with Crippen LogP contribution in [-0.4, -0.2) is 49.9 Å². The second kappa shape index (κ2) is 8.70. The number of hydrogen-bond acceptors (Lipinski definition) is 6. The lowest BCUT2D eigenvalue weighted by Crippen LogP contribution is -2.37. The summed E-state index contributed by atoms with van der Waals surface area (Å²) in [6, 6.07) is 11.6. The van der Waals surface area contributed by atoms with Crippen molar-refractivity contribution < 1.29 is 14.3 Å². The van der Waals surface area contributed by atoms with Gasteiger partial charge in [-0.15, -0.1) is 0 Å². The highest BCUT2D eigenvalue weighted by atomic mass is 16.5. The number of carbonyl (C=O) groups is 2. The molecule has 4 heterocycles. The van der Waals surface area contributed by atoms with Gasteiger partial charge in [-0.05, 0) is 23.6 Å². The number of fused-ring (bicyclic) bond motifs is 2. The van der Waals surface area contributed by atoms with Gasteiger partial charge in [0.1, 0.15) is 11.5 Å². The monoisotopic (exact) mass is 455 g/mol. The molecule has 0 spiro atoms. The number of aryl methyl sites for hydroxylation is 1. The average Bonchev–Trinajstić information content (AvgIpc) is 3.25. The molecular formula is C26H25N5O3. The SMILES string of the molecule is CCc1nc(-c2cccc3cc(-c4ccc(C(=O)OC)nc4)ncc23)c2n1CCN(C(C)=O)C2. The molecule has 0 fully saturated rings. The lowest BCUT2D eigenvalue weighted by atomic mass is 10.0. The molecule has 3 aromatic heterocycles. The number of benzene rings is 1. The van der Waals surface area contributed by atoms with Crippen molar-refractivity contribution in [1.29, 1.82) is 0 Å². The van der Waals surface area contributed by atoms with E-state index in [1.807, 2.05) is 35.4 Å². The van der Waals surface area contributed by atoms with E-state index in [4.69, 9.17) is 9.72 Å². The molecule has 1 aromatic carbocycles. The van der Waals surface area contributed by atoms with Crippen molar-refractivity contribution in [2.45, 2.75) is 33.4 Å². The Hall–Kier alpha value is -4.07. The molecule has 0 N–H and O–H groups in total. The Kier molecular flexibility index (Phi) is 5.57. The zero-order valence-corrected chi connectivity index (χ0v) is 19.4. The highest BCUT2D eigenvalue weighted by molar-refractivity contribution is 5.97. The number of nitrogens with zero attached hydrogens (tertiary/aromatic N) is 5. The van der Waals surface area contributed by atoms with Crippen LogP contribution in [-0.2, 0) is 29.0 Å². The van der Waals surface area contributed by atoms with E-state index in [0.29, 0.717) is 13.1 Å². The van der Waals surface area contributed by atoms with Crippen LogP contribution in [0.25, 0.3) is 33.3 Å². The van der Waals surface area contributed by atoms with Crippen LogP contribution in [0.2, 0.25) is 0 Å². The van der Waals surface area contributed by atoms with E-state index < -0.39 is 5.97 Å². The third kappa shape index (κ3) is 3.71. The van der Waals surface area contributed by atoms with Gasteiger partial charge in [0.15, 0.2) is 0 Å². The molecule has 0 radical (unpaired) electrons. The fourth-order valence-electron chi connectivity index (χ4n) is 4.50. The van der Waals surface area contributed by atoms with E-state index in [-0.39, 0.29) is 11.6 Å². The van der Waals surface area contributed by atoms with Crippen LogP contribution < -0.4 is 0 Å². The maximum Gasteiger partial charge on any atom is 0.356 e. The predicted molar refractivity (Wildman–Crippen MR) is 128 cm³/mol. The van der Waals surface area contributed by atoms with E-state index in [0.717, 1.165) is 57.8 Å². The topological polar surface area (TPSA) is 90.2 Å². The van der Waals surface area contributed by atoms with Gasteiger partial charge in [0.25, 0.3) is 0 Å². The summed E-state index contributed by atoms with van der Waals surface area (Å²) in [5.74, 6) is 0.639. The molecule has 4 aromatic rings. The van der Waals surface area contributed by atoms with E-state index >= 15 is 0 Å².